The first-order valence-corrected chi connectivity index (χ1v) is 8.45. The minimum Gasteiger partial charge on any atom is -0.467 e. The minimum atomic E-state index is -0.0565. The van der Waals surface area contributed by atoms with Gasteiger partial charge in [-0.25, -0.2) is 4.98 Å². The van der Waals surface area contributed by atoms with Crippen LogP contribution in [-0.2, 0) is 0 Å². The fourth-order valence-corrected chi connectivity index (χ4v) is 3.42. The monoisotopic (exact) mass is 325 g/mol. The molecule has 3 rings (SSSR count). The first kappa shape index (κ1) is 16.4. The maximum Gasteiger partial charge on any atom is 0.316 e. The van der Waals surface area contributed by atoms with Crippen LogP contribution in [-0.4, -0.2) is 33.9 Å². The van der Waals surface area contributed by atoms with E-state index in [1.54, 1.807) is 12.3 Å². The number of aromatic nitrogens is 2. The standard InChI is InChI=1S/C19H23N3O2/c1-14(15-8-4-3-5-9-15)22(16-10-6-7-11-16)18(23)17-12-13-20-19(21-17)24-2/h3-5,8-9,12-14,16H,6-7,10-11H2,1-2H3. The van der Waals surface area contributed by atoms with E-state index in [1.165, 1.54) is 20.0 Å². The van der Waals surface area contributed by atoms with Gasteiger partial charge in [0.25, 0.3) is 5.91 Å². The Morgan fingerprint density at radius 3 is 2.58 bits per heavy atom. The van der Waals surface area contributed by atoms with Gasteiger partial charge in [-0.05, 0) is 31.4 Å². The van der Waals surface area contributed by atoms with Crippen LogP contribution in [0.1, 0.15) is 54.7 Å². The van der Waals surface area contributed by atoms with Crippen molar-refractivity contribution in [1.82, 2.24) is 14.9 Å². The van der Waals surface area contributed by atoms with E-state index in [-0.39, 0.29) is 24.0 Å². The molecule has 1 unspecified atom stereocenters. The number of hydrogen-bond donors (Lipinski definition) is 0. The molecule has 5 heteroatoms. The third kappa shape index (κ3) is 3.40. The molecule has 1 saturated carbocycles. The maximum absolute atomic E-state index is 13.2. The van der Waals surface area contributed by atoms with Gasteiger partial charge in [-0.3, -0.25) is 4.79 Å². The van der Waals surface area contributed by atoms with Crippen LogP contribution >= 0.6 is 0 Å². The van der Waals surface area contributed by atoms with E-state index >= 15 is 0 Å². The van der Waals surface area contributed by atoms with Gasteiger partial charge >= 0.3 is 6.01 Å². The Bertz CT molecular complexity index is 684. The van der Waals surface area contributed by atoms with Gasteiger partial charge in [0.2, 0.25) is 0 Å². The molecule has 24 heavy (non-hydrogen) atoms. The number of hydrogen-bond acceptors (Lipinski definition) is 4. The molecule has 1 fully saturated rings. The molecular weight excluding hydrogens is 302 g/mol. The average molecular weight is 325 g/mol. The van der Waals surface area contributed by atoms with E-state index in [0.29, 0.717) is 5.69 Å². The van der Waals surface area contributed by atoms with Gasteiger partial charge in [0.05, 0.1) is 13.2 Å². The van der Waals surface area contributed by atoms with Crippen molar-refractivity contribution in [2.75, 3.05) is 7.11 Å². The summed E-state index contributed by atoms with van der Waals surface area (Å²) in [6.45, 7) is 2.09. The number of ether oxygens (including phenoxy) is 1. The summed E-state index contributed by atoms with van der Waals surface area (Å²) >= 11 is 0. The molecule has 1 heterocycles. The van der Waals surface area contributed by atoms with E-state index < -0.39 is 0 Å². The van der Waals surface area contributed by atoms with E-state index in [0.717, 1.165) is 18.4 Å². The highest BCUT2D eigenvalue weighted by molar-refractivity contribution is 5.92. The first-order chi connectivity index (χ1) is 11.7. The van der Waals surface area contributed by atoms with Gasteiger partial charge in [-0.2, -0.15) is 4.98 Å². The molecule has 1 aliphatic carbocycles. The summed E-state index contributed by atoms with van der Waals surface area (Å²) in [5.41, 5.74) is 1.52. The zero-order valence-electron chi connectivity index (χ0n) is 14.2. The van der Waals surface area contributed by atoms with E-state index in [1.807, 2.05) is 23.1 Å². The fourth-order valence-electron chi connectivity index (χ4n) is 3.42. The largest absolute Gasteiger partial charge is 0.467 e. The minimum absolute atomic E-state index is 0.00256. The lowest BCUT2D eigenvalue weighted by Crippen LogP contribution is -2.41. The van der Waals surface area contributed by atoms with E-state index in [2.05, 4.69) is 29.0 Å². The number of carbonyl (C=O) groups excluding carboxylic acids is 1. The predicted octanol–water partition coefficient (Wildman–Crippen LogP) is 3.63. The lowest BCUT2D eigenvalue weighted by Gasteiger charge is -2.34. The predicted molar refractivity (Wildman–Crippen MR) is 91.9 cm³/mol. The highest BCUT2D eigenvalue weighted by Crippen LogP contribution is 2.32. The molecule has 2 aromatic rings. The number of amides is 1. The summed E-state index contributed by atoms with van der Waals surface area (Å²) in [5, 5.41) is 0. The second kappa shape index (κ2) is 7.43. The Morgan fingerprint density at radius 2 is 1.92 bits per heavy atom. The number of benzene rings is 1. The molecule has 1 aromatic carbocycles. The highest BCUT2D eigenvalue weighted by Gasteiger charge is 2.32. The Labute approximate surface area is 142 Å². The molecule has 0 saturated heterocycles. The van der Waals surface area contributed by atoms with Crippen LogP contribution in [0.15, 0.2) is 42.6 Å². The highest BCUT2D eigenvalue weighted by atomic mass is 16.5. The Morgan fingerprint density at radius 1 is 1.21 bits per heavy atom. The maximum atomic E-state index is 13.2. The topological polar surface area (TPSA) is 55.3 Å². The van der Waals surface area contributed by atoms with Crippen molar-refractivity contribution in [2.45, 2.75) is 44.7 Å². The third-order valence-corrected chi connectivity index (χ3v) is 4.69. The van der Waals surface area contributed by atoms with Crippen molar-refractivity contribution >= 4 is 5.91 Å². The zero-order valence-corrected chi connectivity index (χ0v) is 14.2. The summed E-state index contributed by atoms with van der Waals surface area (Å²) in [6, 6.07) is 12.3. The lowest BCUT2D eigenvalue weighted by molar-refractivity contribution is 0.0585. The summed E-state index contributed by atoms with van der Waals surface area (Å²) in [6.07, 6.45) is 6.00. The Balaban J connectivity index is 1.93. The molecule has 1 aliphatic rings. The normalized spacial score (nSPS) is 15.9. The fraction of sp³-hybridized carbons (Fsp3) is 0.421. The SMILES string of the molecule is COc1nccc(C(=O)N(C2CCCC2)C(C)c2ccccc2)n1. The van der Waals surface area contributed by atoms with Crippen molar-refractivity contribution in [2.24, 2.45) is 0 Å². The molecule has 5 nitrogen and oxygen atoms in total. The van der Waals surface area contributed by atoms with Crippen LogP contribution < -0.4 is 4.74 Å². The molecule has 1 aromatic heterocycles. The van der Waals surface area contributed by atoms with Crippen LogP contribution in [0.3, 0.4) is 0 Å². The summed E-state index contributed by atoms with van der Waals surface area (Å²) in [7, 11) is 1.50. The zero-order chi connectivity index (χ0) is 16.9. The molecule has 0 bridgehead atoms. The quantitative estimate of drug-likeness (QED) is 0.842. The molecule has 0 spiro atoms. The van der Waals surface area contributed by atoms with E-state index in [4.69, 9.17) is 4.74 Å². The second-order valence-electron chi connectivity index (χ2n) is 6.17. The van der Waals surface area contributed by atoms with Gasteiger partial charge in [0.15, 0.2) is 0 Å². The summed E-state index contributed by atoms with van der Waals surface area (Å²) in [4.78, 5) is 23.4. The molecule has 0 aliphatic heterocycles. The van der Waals surface area contributed by atoms with Crippen LogP contribution in [0, 0.1) is 0 Å². The van der Waals surface area contributed by atoms with Crippen LogP contribution in [0.25, 0.3) is 0 Å². The summed E-state index contributed by atoms with van der Waals surface area (Å²) < 4.78 is 5.06. The van der Waals surface area contributed by atoms with Gasteiger partial charge in [-0.15, -0.1) is 0 Å². The van der Waals surface area contributed by atoms with Crippen LogP contribution in [0.2, 0.25) is 0 Å². The molecule has 1 amide bonds. The number of rotatable bonds is 5. The smallest absolute Gasteiger partial charge is 0.316 e. The van der Waals surface area contributed by atoms with Crippen molar-refractivity contribution in [1.29, 1.82) is 0 Å². The summed E-state index contributed by atoms with van der Waals surface area (Å²) in [5.74, 6) is -0.0565. The van der Waals surface area contributed by atoms with Crippen molar-refractivity contribution in [3.05, 3.63) is 53.9 Å². The van der Waals surface area contributed by atoms with Crippen LogP contribution in [0.4, 0.5) is 0 Å². The van der Waals surface area contributed by atoms with Gasteiger partial charge in [0, 0.05) is 12.2 Å². The number of nitrogens with zero attached hydrogens (tertiary/aromatic N) is 3. The van der Waals surface area contributed by atoms with Gasteiger partial charge in [-0.1, -0.05) is 43.2 Å². The van der Waals surface area contributed by atoms with Crippen LogP contribution in [0.5, 0.6) is 6.01 Å². The van der Waals surface area contributed by atoms with E-state index in [9.17, 15) is 4.79 Å². The molecule has 1 atom stereocenters. The third-order valence-electron chi connectivity index (χ3n) is 4.69. The number of carbonyl (C=O) groups is 1. The van der Waals surface area contributed by atoms with Crippen molar-refractivity contribution in [3.63, 3.8) is 0 Å². The van der Waals surface area contributed by atoms with Gasteiger partial charge < -0.3 is 9.64 Å². The average Bonchev–Trinajstić information content (AvgIpc) is 3.16. The van der Waals surface area contributed by atoms with Crippen molar-refractivity contribution in [3.8, 4) is 6.01 Å². The molecule has 0 radical (unpaired) electrons. The Kier molecular flexibility index (Phi) is 5.08. The molecule has 0 N–H and O–H groups in total. The second-order valence-corrected chi connectivity index (χ2v) is 6.17. The molecular formula is C19H23N3O2. The van der Waals surface area contributed by atoms with Crippen molar-refractivity contribution < 1.29 is 9.53 Å². The first-order valence-electron chi connectivity index (χ1n) is 8.45. The number of methoxy groups -OCH3 is 1. The molecule has 126 valence electrons. The lowest BCUT2D eigenvalue weighted by atomic mass is 10.0. The Hall–Kier alpha value is -2.43. The van der Waals surface area contributed by atoms with Gasteiger partial charge in [0.1, 0.15) is 5.69 Å².